The molecule has 0 bridgehead atoms. The van der Waals surface area contributed by atoms with Gasteiger partial charge in [-0.05, 0) is 23.6 Å². The summed E-state index contributed by atoms with van der Waals surface area (Å²) in [7, 11) is 0. The van der Waals surface area contributed by atoms with Gasteiger partial charge in [-0.25, -0.2) is 0 Å². The number of rotatable bonds is 7. The van der Waals surface area contributed by atoms with E-state index >= 15 is 0 Å². The van der Waals surface area contributed by atoms with Crippen molar-refractivity contribution >= 4 is 17.3 Å². The van der Waals surface area contributed by atoms with Gasteiger partial charge < -0.3 is 18.2 Å². The number of aromatic nitrogens is 3. The van der Waals surface area contributed by atoms with Crippen LogP contribution in [0.4, 0.5) is 0 Å². The number of ether oxygens (including phenoxy) is 1. The second-order valence-corrected chi connectivity index (χ2v) is 6.26. The maximum Gasteiger partial charge on any atom is 0.306 e. The highest BCUT2D eigenvalue weighted by molar-refractivity contribution is 7.13. The third-order valence-electron chi connectivity index (χ3n) is 3.46. The maximum absolute atomic E-state index is 11.9. The van der Waals surface area contributed by atoms with Crippen LogP contribution in [0.15, 0.2) is 55.4 Å². The topological polar surface area (TPSA) is 104 Å². The van der Waals surface area contributed by atoms with Crippen LogP contribution in [0, 0.1) is 0 Å². The number of esters is 1. The molecule has 0 saturated carbocycles. The fraction of sp³-hybridized carbons (Fsp3) is 0.176. The van der Waals surface area contributed by atoms with Gasteiger partial charge in [0.1, 0.15) is 12.3 Å². The summed E-state index contributed by atoms with van der Waals surface area (Å²) in [5.41, 5.74) is 0.502. The zero-order valence-corrected chi connectivity index (χ0v) is 14.3. The van der Waals surface area contributed by atoms with E-state index in [2.05, 4.69) is 15.3 Å². The summed E-state index contributed by atoms with van der Waals surface area (Å²) < 4.78 is 20.7. The first-order valence-electron chi connectivity index (χ1n) is 7.79. The molecule has 0 unspecified atom stereocenters. The summed E-state index contributed by atoms with van der Waals surface area (Å²) in [6.45, 7) is 0.0212. The zero-order chi connectivity index (χ0) is 17.8. The fourth-order valence-electron chi connectivity index (χ4n) is 2.21. The monoisotopic (exact) mass is 371 g/mol. The fourth-order valence-corrected chi connectivity index (χ4v) is 2.86. The largest absolute Gasteiger partial charge is 0.461 e. The van der Waals surface area contributed by atoms with E-state index in [1.165, 1.54) is 11.3 Å². The van der Waals surface area contributed by atoms with Gasteiger partial charge in [-0.3, -0.25) is 4.79 Å². The smallest absolute Gasteiger partial charge is 0.306 e. The lowest BCUT2D eigenvalue weighted by molar-refractivity contribution is -0.145. The summed E-state index contributed by atoms with van der Waals surface area (Å²) in [6.07, 6.45) is 1.99. The van der Waals surface area contributed by atoms with E-state index < -0.39 is 0 Å². The first-order valence-corrected chi connectivity index (χ1v) is 8.67. The van der Waals surface area contributed by atoms with Crippen LogP contribution in [-0.2, 0) is 22.6 Å². The first kappa shape index (κ1) is 16.3. The van der Waals surface area contributed by atoms with Crippen LogP contribution >= 0.6 is 11.3 Å². The van der Waals surface area contributed by atoms with Crippen LogP contribution in [0.25, 0.3) is 22.2 Å². The van der Waals surface area contributed by atoms with Crippen molar-refractivity contribution < 1.29 is 23.0 Å². The summed E-state index contributed by atoms with van der Waals surface area (Å²) >= 11 is 1.52. The number of carbonyl (C=O) groups excluding carboxylic acids is 1. The van der Waals surface area contributed by atoms with Crippen LogP contribution in [0.5, 0.6) is 0 Å². The number of aryl methyl sites for hydroxylation is 1. The zero-order valence-electron chi connectivity index (χ0n) is 13.5. The third-order valence-corrected chi connectivity index (χ3v) is 4.32. The quantitative estimate of drug-likeness (QED) is 0.453. The molecule has 0 amide bonds. The van der Waals surface area contributed by atoms with Gasteiger partial charge in [0.05, 0.1) is 17.6 Å². The molecule has 9 heteroatoms. The van der Waals surface area contributed by atoms with E-state index in [-0.39, 0.29) is 19.0 Å². The molecule has 0 N–H and O–H groups in total. The molecule has 4 aromatic rings. The molecule has 4 aromatic heterocycles. The van der Waals surface area contributed by atoms with Crippen LogP contribution in [0.3, 0.4) is 0 Å². The Bertz CT molecular complexity index is 894. The molecule has 0 radical (unpaired) electrons. The average Bonchev–Trinajstić information content (AvgIpc) is 3.44. The van der Waals surface area contributed by atoms with Crippen molar-refractivity contribution in [1.29, 1.82) is 0 Å². The SMILES string of the molecule is O=C(CCc1nc(-c2cccs2)no1)OCc1cc(-c2ccco2)on1. The predicted octanol–water partition coefficient (Wildman–Crippen LogP) is 3.72. The number of hydrogen-bond donors (Lipinski definition) is 0. The van der Waals surface area contributed by atoms with Gasteiger partial charge in [0.2, 0.25) is 17.5 Å². The summed E-state index contributed by atoms with van der Waals surface area (Å²) in [4.78, 5) is 17.1. The lowest BCUT2D eigenvalue weighted by atomic mass is 10.3. The van der Waals surface area contributed by atoms with Crippen molar-refractivity contribution in [2.45, 2.75) is 19.4 Å². The van der Waals surface area contributed by atoms with Crippen molar-refractivity contribution in [3.8, 4) is 22.2 Å². The summed E-state index contributed by atoms with van der Waals surface area (Å²) in [5, 5.41) is 9.67. The molecule has 0 saturated heterocycles. The Hall–Kier alpha value is -3.20. The molecule has 0 aliphatic carbocycles. The van der Waals surface area contributed by atoms with Crippen molar-refractivity contribution in [3.63, 3.8) is 0 Å². The molecular weight excluding hydrogens is 358 g/mol. The Morgan fingerprint density at radius 1 is 1.15 bits per heavy atom. The van der Waals surface area contributed by atoms with Crippen molar-refractivity contribution in [1.82, 2.24) is 15.3 Å². The standard InChI is InChI=1S/C17H13N3O5S/c21-16(6-5-15-18-17(20-25-15)14-4-2-8-26-14)23-10-11-9-13(24-19-11)12-3-1-7-22-12/h1-4,7-9H,5-6,10H2. The van der Waals surface area contributed by atoms with Crippen LogP contribution in [0.2, 0.25) is 0 Å². The minimum absolute atomic E-state index is 0.0212. The second kappa shape index (κ2) is 7.36. The summed E-state index contributed by atoms with van der Waals surface area (Å²) in [5.74, 6) is 1.58. The second-order valence-electron chi connectivity index (χ2n) is 5.31. The molecule has 0 fully saturated rings. The van der Waals surface area contributed by atoms with Gasteiger partial charge in [0, 0.05) is 12.5 Å². The number of carbonyl (C=O) groups is 1. The van der Waals surface area contributed by atoms with E-state index in [0.29, 0.717) is 35.4 Å². The molecule has 4 rings (SSSR count). The van der Waals surface area contributed by atoms with Gasteiger partial charge in [-0.2, -0.15) is 4.98 Å². The molecular formula is C17H13N3O5S. The lowest BCUT2D eigenvalue weighted by Gasteiger charge is -2.00. The number of thiophene rings is 1. The van der Waals surface area contributed by atoms with Gasteiger partial charge in [0.25, 0.3) is 0 Å². The van der Waals surface area contributed by atoms with E-state index in [1.807, 2.05) is 17.5 Å². The Balaban J connectivity index is 1.26. The number of furan rings is 1. The van der Waals surface area contributed by atoms with Gasteiger partial charge in [-0.15, -0.1) is 11.3 Å². The molecule has 132 valence electrons. The van der Waals surface area contributed by atoms with Crippen molar-refractivity contribution in [2.75, 3.05) is 0 Å². The first-order chi connectivity index (χ1) is 12.8. The molecule has 4 heterocycles. The van der Waals surface area contributed by atoms with Crippen LogP contribution in [-0.4, -0.2) is 21.3 Å². The average molecular weight is 371 g/mol. The van der Waals surface area contributed by atoms with E-state index in [9.17, 15) is 4.79 Å². The Kier molecular flexibility index (Phi) is 4.61. The predicted molar refractivity (Wildman–Crippen MR) is 89.9 cm³/mol. The Morgan fingerprint density at radius 3 is 2.92 bits per heavy atom. The minimum atomic E-state index is -0.386. The minimum Gasteiger partial charge on any atom is -0.461 e. The molecule has 26 heavy (non-hydrogen) atoms. The highest BCUT2D eigenvalue weighted by atomic mass is 32.1. The van der Waals surface area contributed by atoms with E-state index in [4.69, 9.17) is 18.2 Å². The molecule has 0 aliphatic rings. The molecule has 0 aromatic carbocycles. The van der Waals surface area contributed by atoms with Crippen molar-refractivity contribution in [2.24, 2.45) is 0 Å². The highest BCUT2D eigenvalue weighted by Gasteiger charge is 2.14. The van der Waals surface area contributed by atoms with E-state index in [1.54, 1.807) is 24.5 Å². The molecule has 0 spiro atoms. The maximum atomic E-state index is 11.9. The molecule has 0 aliphatic heterocycles. The lowest BCUT2D eigenvalue weighted by Crippen LogP contribution is -2.06. The Morgan fingerprint density at radius 2 is 2.12 bits per heavy atom. The van der Waals surface area contributed by atoms with Crippen LogP contribution < -0.4 is 0 Å². The number of nitrogens with zero attached hydrogens (tertiary/aromatic N) is 3. The van der Waals surface area contributed by atoms with Crippen LogP contribution in [0.1, 0.15) is 18.0 Å². The molecule has 8 nitrogen and oxygen atoms in total. The van der Waals surface area contributed by atoms with Gasteiger partial charge >= 0.3 is 5.97 Å². The summed E-state index contributed by atoms with van der Waals surface area (Å²) in [6, 6.07) is 8.98. The number of hydrogen-bond acceptors (Lipinski definition) is 9. The highest BCUT2D eigenvalue weighted by Crippen LogP contribution is 2.22. The van der Waals surface area contributed by atoms with E-state index in [0.717, 1.165) is 4.88 Å². The Labute approximate surface area is 151 Å². The normalized spacial score (nSPS) is 10.9. The molecule has 0 atom stereocenters. The van der Waals surface area contributed by atoms with Crippen molar-refractivity contribution in [3.05, 3.63) is 53.6 Å². The third kappa shape index (κ3) is 3.72. The van der Waals surface area contributed by atoms with Gasteiger partial charge in [-0.1, -0.05) is 16.4 Å². The van der Waals surface area contributed by atoms with Gasteiger partial charge in [0.15, 0.2) is 5.76 Å².